The lowest BCUT2D eigenvalue weighted by Crippen LogP contribution is -2.35. The third-order valence-corrected chi connectivity index (χ3v) is 4.68. The molecule has 3 rings (SSSR count). The number of hydrogen-bond acceptors (Lipinski definition) is 3. The van der Waals surface area contributed by atoms with Crippen LogP contribution in [0.3, 0.4) is 0 Å². The molecule has 5 heteroatoms. The van der Waals surface area contributed by atoms with Gasteiger partial charge in [-0.3, -0.25) is 0 Å². The van der Waals surface area contributed by atoms with Crippen molar-refractivity contribution in [2.45, 2.75) is 43.9 Å². The second kappa shape index (κ2) is 5.13. The zero-order chi connectivity index (χ0) is 15.1. The molecule has 0 aromatic heterocycles. The molecule has 3 nitrogen and oxygen atoms in total. The Labute approximate surface area is 123 Å². The third-order valence-electron chi connectivity index (χ3n) is 4.68. The minimum atomic E-state index is -2.92. The fourth-order valence-corrected chi connectivity index (χ4v) is 3.53. The van der Waals surface area contributed by atoms with Gasteiger partial charge in [-0.1, -0.05) is 12.8 Å². The zero-order valence-electron chi connectivity index (χ0n) is 12.3. The van der Waals surface area contributed by atoms with Crippen LogP contribution in [0.5, 0.6) is 11.5 Å². The van der Waals surface area contributed by atoms with E-state index >= 15 is 0 Å². The summed E-state index contributed by atoms with van der Waals surface area (Å²) in [5.74, 6) is -1.95. The topological polar surface area (TPSA) is 44.5 Å². The van der Waals surface area contributed by atoms with E-state index in [0.717, 1.165) is 32.6 Å². The molecular formula is C16H21F2NO2. The molecule has 0 bridgehead atoms. The summed E-state index contributed by atoms with van der Waals surface area (Å²) in [5, 5.41) is 0. The summed E-state index contributed by atoms with van der Waals surface area (Å²) in [4.78, 5) is 0. The Morgan fingerprint density at radius 2 is 1.71 bits per heavy atom. The molecule has 0 spiro atoms. The molecule has 1 aliphatic carbocycles. The molecule has 1 saturated carbocycles. The number of fused-ring (bicyclic) bond motifs is 1. The Kier molecular flexibility index (Phi) is 3.56. The van der Waals surface area contributed by atoms with Gasteiger partial charge in [-0.2, -0.15) is 0 Å². The summed E-state index contributed by atoms with van der Waals surface area (Å²) < 4.78 is 39.2. The molecule has 2 N–H and O–H groups in total. The largest absolute Gasteiger partial charge is 0.486 e. The smallest absolute Gasteiger partial charge is 0.270 e. The van der Waals surface area contributed by atoms with E-state index in [1.807, 2.05) is 0 Å². The SMILES string of the molecule is CC(F)(F)c1cc2c(cc1C1(CN)CCCC1)OCCO2. The van der Waals surface area contributed by atoms with Crippen LogP contribution in [0.25, 0.3) is 0 Å². The minimum absolute atomic E-state index is 0.0269. The van der Waals surface area contributed by atoms with Gasteiger partial charge >= 0.3 is 0 Å². The molecule has 0 radical (unpaired) electrons. The fraction of sp³-hybridized carbons (Fsp3) is 0.625. The predicted octanol–water partition coefficient (Wildman–Crippen LogP) is 3.34. The molecule has 2 aliphatic rings. The highest BCUT2D eigenvalue weighted by Crippen LogP contribution is 2.48. The van der Waals surface area contributed by atoms with Crippen LogP contribution < -0.4 is 15.2 Å². The maximum absolute atomic E-state index is 14.1. The molecular weight excluding hydrogens is 276 g/mol. The summed E-state index contributed by atoms with van der Waals surface area (Å²) in [6, 6.07) is 3.18. The van der Waals surface area contributed by atoms with Crippen molar-refractivity contribution in [3.63, 3.8) is 0 Å². The average Bonchev–Trinajstić information content (AvgIpc) is 2.95. The second-order valence-corrected chi connectivity index (χ2v) is 6.12. The van der Waals surface area contributed by atoms with E-state index in [0.29, 0.717) is 36.8 Å². The lowest BCUT2D eigenvalue weighted by atomic mass is 9.75. The van der Waals surface area contributed by atoms with Crippen molar-refractivity contribution in [3.05, 3.63) is 23.3 Å². The predicted molar refractivity (Wildman–Crippen MR) is 76.2 cm³/mol. The first-order valence-corrected chi connectivity index (χ1v) is 7.49. The van der Waals surface area contributed by atoms with E-state index in [4.69, 9.17) is 15.2 Å². The molecule has 116 valence electrons. The van der Waals surface area contributed by atoms with Crippen molar-refractivity contribution >= 4 is 0 Å². The summed E-state index contributed by atoms with van der Waals surface area (Å²) >= 11 is 0. The molecule has 21 heavy (non-hydrogen) atoms. The molecule has 1 aliphatic heterocycles. The molecule has 1 fully saturated rings. The number of rotatable bonds is 3. The molecule has 0 amide bonds. The van der Waals surface area contributed by atoms with Crippen LogP contribution >= 0.6 is 0 Å². The van der Waals surface area contributed by atoms with Crippen molar-refractivity contribution in [2.75, 3.05) is 19.8 Å². The van der Waals surface area contributed by atoms with Crippen LogP contribution in [0, 0.1) is 0 Å². The molecule has 1 heterocycles. The van der Waals surface area contributed by atoms with Gasteiger partial charge in [-0.15, -0.1) is 0 Å². The van der Waals surface area contributed by atoms with Crippen LogP contribution in [0.4, 0.5) is 8.78 Å². The van der Waals surface area contributed by atoms with Crippen molar-refractivity contribution in [2.24, 2.45) is 5.73 Å². The maximum Gasteiger partial charge on any atom is 0.270 e. The number of alkyl halides is 2. The normalized spacial score (nSPS) is 20.6. The van der Waals surface area contributed by atoms with E-state index in [2.05, 4.69) is 0 Å². The van der Waals surface area contributed by atoms with Crippen molar-refractivity contribution < 1.29 is 18.3 Å². The summed E-state index contributed by atoms with van der Waals surface area (Å²) in [6.07, 6.45) is 3.76. The van der Waals surface area contributed by atoms with Crippen LogP contribution in [0.1, 0.15) is 43.7 Å². The standard InChI is InChI=1S/C16H21F2NO2/c1-15(17,18)11-8-13-14(21-7-6-20-13)9-12(11)16(10-19)4-2-3-5-16/h8-9H,2-7,10,19H2,1H3. The van der Waals surface area contributed by atoms with Crippen LogP contribution in [-0.2, 0) is 11.3 Å². The Bertz CT molecular complexity index is 534. The quantitative estimate of drug-likeness (QED) is 0.930. The number of benzene rings is 1. The maximum atomic E-state index is 14.1. The second-order valence-electron chi connectivity index (χ2n) is 6.12. The van der Waals surface area contributed by atoms with Gasteiger partial charge < -0.3 is 15.2 Å². The van der Waals surface area contributed by atoms with Gasteiger partial charge in [0, 0.05) is 24.4 Å². The lowest BCUT2D eigenvalue weighted by molar-refractivity contribution is 0.0147. The van der Waals surface area contributed by atoms with E-state index in [9.17, 15) is 8.78 Å². The highest BCUT2D eigenvalue weighted by atomic mass is 19.3. The highest BCUT2D eigenvalue weighted by Gasteiger charge is 2.41. The van der Waals surface area contributed by atoms with Gasteiger partial charge in [0.2, 0.25) is 0 Å². The van der Waals surface area contributed by atoms with Gasteiger partial charge in [0.05, 0.1) is 0 Å². The number of hydrogen-bond donors (Lipinski definition) is 1. The van der Waals surface area contributed by atoms with Crippen molar-refractivity contribution in [1.82, 2.24) is 0 Å². The fourth-order valence-electron chi connectivity index (χ4n) is 3.53. The van der Waals surface area contributed by atoms with Crippen LogP contribution in [0.2, 0.25) is 0 Å². The Hall–Kier alpha value is -1.36. The van der Waals surface area contributed by atoms with Crippen LogP contribution in [-0.4, -0.2) is 19.8 Å². The summed E-state index contributed by atoms with van der Waals surface area (Å²) in [7, 11) is 0. The first-order valence-electron chi connectivity index (χ1n) is 7.49. The summed E-state index contributed by atoms with van der Waals surface area (Å²) in [5.41, 5.74) is 6.28. The van der Waals surface area contributed by atoms with Gasteiger partial charge in [0.1, 0.15) is 13.2 Å². The van der Waals surface area contributed by atoms with Crippen LogP contribution in [0.15, 0.2) is 12.1 Å². The van der Waals surface area contributed by atoms with Crippen molar-refractivity contribution in [1.29, 1.82) is 0 Å². The van der Waals surface area contributed by atoms with Gasteiger partial charge in [-0.25, -0.2) is 8.78 Å². The lowest BCUT2D eigenvalue weighted by Gasteiger charge is -2.33. The Balaban J connectivity index is 2.17. The van der Waals surface area contributed by atoms with E-state index in [-0.39, 0.29) is 11.0 Å². The Morgan fingerprint density at radius 3 is 2.24 bits per heavy atom. The number of halogens is 2. The minimum Gasteiger partial charge on any atom is -0.486 e. The van der Waals surface area contributed by atoms with Gasteiger partial charge in [0.15, 0.2) is 11.5 Å². The van der Waals surface area contributed by atoms with E-state index < -0.39 is 5.92 Å². The first kappa shape index (κ1) is 14.6. The monoisotopic (exact) mass is 297 g/mol. The number of ether oxygens (including phenoxy) is 2. The summed E-state index contributed by atoms with van der Waals surface area (Å²) in [6.45, 7) is 2.16. The van der Waals surface area contributed by atoms with E-state index in [1.165, 1.54) is 6.07 Å². The average molecular weight is 297 g/mol. The van der Waals surface area contributed by atoms with E-state index in [1.54, 1.807) is 6.07 Å². The van der Waals surface area contributed by atoms with Gasteiger partial charge in [0.25, 0.3) is 5.92 Å². The molecule has 1 aromatic rings. The first-order chi connectivity index (χ1) is 9.96. The number of nitrogens with two attached hydrogens (primary N) is 1. The Morgan fingerprint density at radius 1 is 1.14 bits per heavy atom. The van der Waals surface area contributed by atoms with Gasteiger partial charge in [-0.05, 0) is 30.5 Å². The molecule has 0 atom stereocenters. The third kappa shape index (κ3) is 2.48. The molecule has 0 saturated heterocycles. The van der Waals surface area contributed by atoms with Crippen molar-refractivity contribution in [3.8, 4) is 11.5 Å². The molecule has 1 aromatic carbocycles. The zero-order valence-corrected chi connectivity index (χ0v) is 12.3. The highest BCUT2D eigenvalue weighted by molar-refractivity contribution is 5.52. The molecule has 0 unspecified atom stereocenters.